The molecule has 0 bridgehead atoms. The van der Waals surface area contributed by atoms with E-state index in [9.17, 15) is 14.4 Å². The summed E-state index contributed by atoms with van der Waals surface area (Å²) in [6, 6.07) is 12.8. The predicted octanol–water partition coefficient (Wildman–Crippen LogP) is 0.358. The first kappa shape index (κ1) is 21.5. The topological polar surface area (TPSA) is 96.8 Å². The van der Waals surface area contributed by atoms with Gasteiger partial charge in [-0.05, 0) is 18.2 Å². The molecule has 30 heavy (non-hydrogen) atoms. The molecule has 0 atom stereocenters. The molecule has 0 radical (unpaired) electrons. The van der Waals surface area contributed by atoms with Crippen LogP contribution in [0.15, 0.2) is 47.3 Å². The molecule has 0 spiro atoms. The molecular weight excluding hydrogens is 386 g/mol. The monoisotopic (exact) mass is 413 g/mol. The van der Waals surface area contributed by atoms with E-state index in [4.69, 9.17) is 4.74 Å². The number of anilines is 1. The molecule has 2 aromatic rings. The highest BCUT2D eigenvalue weighted by Gasteiger charge is 2.21. The lowest BCUT2D eigenvalue weighted by Crippen LogP contribution is -2.49. The standard InChI is InChI=1S/C21H27N5O4/c1-30-16-15-26-20(28)8-7-18(23-26)21(29)22-10-9-19(27)25-13-11-24(12-14-25)17-5-3-2-4-6-17/h2-8H,9-16H2,1H3,(H,22,29). The van der Waals surface area contributed by atoms with Crippen LogP contribution in [-0.2, 0) is 16.1 Å². The largest absolute Gasteiger partial charge is 0.383 e. The maximum Gasteiger partial charge on any atom is 0.271 e. The van der Waals surface area contributed by atoms with Crippen LogP contribution in [-0.4, -0.2) is 72.9 Å². The van der Waals surface area contributed by atoms with Crippen molar-refractivity contribution >= 4 is 17.5 Å². The molecule has 160 valence electrons. The summed E-state index contributed by atoms with van der Waals surface area (Å²) in [5, 5.41) is 6.75. The van der Waals surface area contributed by atoms with Crippen LogP contribution in [0, 0.1) is 0 Å². The Hall–Kier alpha value is -3.20. The first-order chi connectivity index (χ1) is 14.6. The first-order valence-electron chi connectivity index (χ1n) is 10.0. The summed E-state index contributed by atoms with van der Waals surface area (Å²) >= 11 is 0. The zero-order valence-corrected chi connectivity index (χ0v) is 17.1. The minimum Gasteiger partial charge on any atom is -0.383 e. The second kappa shape index (κ2) is 10.5. The number of para-hydroxylation sites is 1. The fourth-order valence-electron chi connectivity index (χ4n) is 3.29. The summed E-state index contributed by atoms with van der Waals surface area (Å²) in [5.41, 5.74) is 0.999. The molecule has 1 saturated heterocycles. The Bertz CT molecular complexity index is 907. The first-order valence-corrected chi connectivity index (χ1v) is 10.0. The summed E-state index contributed by atoms with van der Waals surface area (Å²) in [4.78, 5) is 40.6. The highest BCUT2D eigenvalue weighted by atomic mass is 16.5. The number of hydrogen-bond donors (Lipinski definition) is 1. The molecule has 0 aliphatic carbocycles. The van der Waals surface area contributed by atoms with Crippen molar-refractivity contribution in [1.29, 1.82) is 0 Å². The molecule has 3 rings (SSSR count). The van der Waals surface area contributed by atoms with Gasteiger partial charge in [0.2, 0.25) is 5.91 Å². The summed E-state index contributed by atoms with van der Waals surface area (Å²) < 4.78 is 6.13. The number of benzene rings is 1. The Morgan fingerprint density at radius 3 is 2.50 bits per heavy atom. The van der Waals surface area contributed by atoms with Crippen LogP contribution in [0.2, 0.25) is 0 Å². The molecule has 0 unspecified atom stereocenters. The van der Waals surface area contributed by atoms with Crippen LogP contribution < -0.4 is 15.8 Å². The molecule has 1 aromatic heterocycles. The lowest BCUT2D eigenvalue weighted by molar-refractivity contribution is -0.131. The smallest absolute Gasteiger partial charge is 0.271 e. The van der Waals surface area contributed by atoms with Gasteiger partial charge in [-0.25, -0.2) is 4.68 Å². The Labute approximate surface area is 175 Å². The minimum atomic E-state index is -0.414. The lowest BCUT2D eigenvalue weighted by atomic mass is 10.2. The van der Waals surface area contributed by atoms with E-state index in [1.54, 1.807) is 0 Å². The predicted molar refractivity (Wildman–Crippen MR) is 113 cm³/mol. The van der Waals surface area contributed by atoms with Gasteiger partial charge >= 0.3 is 0 Å². The number of aromatic nitrogens is 2. The molecule has 1 aliphatic rings. The van der Waals surface area contributed by atoms with Crippen LogP contribution in [0.5, 0.6) is 0 Å². The molecule has 1 fully saturated rings. The van der Waals surface area contributed by atoms with E-state index >= 15 is 0 Å². The van der Waals surface area contributed by atoms with Crippen molar-refractivity contribution in [1.82, 2.24) is 20.0 Å². The third-order valence-corrected chi connectivity index (χ3v) is 4.98. The Morgan fingerprint density at radius 1 is 1.07 bits per heavy atom. The van der Waals surface area contributed by atoms with E-state index < -0.39 is 5.91 Å². The molecule has 2 heterocycles. The highest BCUT2D eigenvalue weighted by molar-refractivity contribution is 5.92. The van der Waals surface area contributed by atoms with Gasteiger partial charge in [-0.1, -0.05) is 18.2 Å². The van der Waals surface area contributed by atoms with Crippen molar-refractivity contribution in [3.63, 3.8) is 0 Å². The number of hydrogen-bond acceptors (Lipinski definition) is 6. The van der Waals surface area contributed by atoms with Gasteiger partial charge in [-0.3, -0.25) is 14.4 Å². The fourth-order valence-corrected chi connectivity index (χ4v) is 3.29. The number of methoxy groups -OCH3 is 1. The second-order valence-electron chi connectivity index (χ2n) is 6.98. The maximum atomic E-state index is 12.5. The van der Waals surface area contributed by atoms with Gasteiger partial charge in [0, 0.05) is 58.0 Å². The van der Waals surface area contributed by atoms with E-state index in [0.29, 0.717) is 19.7 Å². The van der Waals surface area contributed by atoms with Crippen LogP contribution in [0.4, 0.5) is 5.69 Å². The number of rotatable bonds is 8. The molecule has 2 amide bonds. The van der Waals surface area contributed by atoms with E-state index in [2.05, 4.69) is 27.4 Å². The van der Waals surface area contributed by atoms with Gasteiger partial charge in [-0.2, -0.15) is 5.10 Å². The zero-order chi connectivity index (χ0) is 21.3. The van der Waals surface area contributed by atoms with Crippen molar-refractivity contribution in [2.45, 2.75) is 13.0 Å². The minimum absolute atomic E-state index is 0.0148. The zero-order valence-electron chi connectivity index (χ0n) is 17.1. The van der Waals surface area contributed by atoms with Crippen molar-refractivity contribution in [2.75, 3.05) is 51.3 Å². The lowest BCUT2D eigenvalue weighted by Gasteiger charge is -2.36. The highest BCUT2D eigenvalue weighted by Crippen LogP contribution is 2.15. The number of carbonyl (C=O) groups excluding carboxylic acids is 2. The second-order valence-corrected chi connectivity index (χ2v) is 6.98. The maximum absolute atomic E-state index is 12.5. The summed E-state index contributed by atoms with van der Waals surface area (Å²) in [6.07, 6.45) is 0.223. The molecule has 1 N–H and O–H groups in total. The number of carbonyl (C=O) groups is 2. The third kappa shape index (κ3) is 5.66. The quantitative estimate of drug-likeness (QED) is 0.671. The summed E-state index contributed by atoms with van der Waals surface area (Å²) in [6.45, 7) is 3.70. The molecular formula is C21H27N5O4. The van der Waals surface area contributed by atoms with Gasteiger partial charge in [0.25, 0.3) is 11.5 Å². The van der Waals surface area contributed by atoms with E-state index in [0.717, 1.165) is 18.8 Å². The van der Waals surface area contributed by atoms with Gasteiger partial charge < -0.3 is 19.9 Å². The fraction of sp³-hybridized carbons (Fsp3) is 0.429. The van der Waals surface area contributed by atoms with Crippen LogP contribution in [0.1, 0.15) is 16.9 Å². The SMILES string of the molecule is COCCn1nc(C(=O)NCCC(=O)N2CCN(c3ccccc3)CC2)ccc1=O. The average Bonchev–Trinajstić information content (AvgIpc) is 2.79. The Kier molecular flexibility index (Phi) is 7.56. The van der Waals surface area contributed by atoms with Gasteiger partial charge in [-0.15, -0.1) is 0 Å². The van der Waals surface area contributed by atoms with E-state index in [-0.39, 0.29) is 36.7 Å². The summed E-state index contributed by atoms with van der Waals surface area (Å²) in [7, 11) is 1.53. The molecule has 9 heteroatoms. The number of nitrogens with zero attached hydrogens (tertiary/aromatic N) is 4. The Balaban J connectivity index is 1.43. The number of amides is 2. The molecule has 1 aliphatic heterocycles. The molecule has 9 nitrogen and oxygen atoms in total. The third-order valence-electron chi connectivity index (χ3n) is 4.98. The number of nitrogens with one attached hydrogen (secondary N) is 1. The van der Waals surface area contributed by atoms with Crippen molar-refractivity contribution in [3.8, 4) is 0 Å². The van der Waals surface area contributed by atoms with Crippen molar-refractivity contribution in [3.05, 3.63) is 58.5 Å². The normalized spacial score (nSPS) is 13.9. The van der Waals surface area contributed by atoms with Crippen molar-refractivity contribution in [2.24, 2.45) is 0 Å². The van der Waals surface area contributed by atoms with E-state index in [1.165, 1.54) is 23.9 Å². The van der Waals surface area contributed by atoms with Gasteiger partial charge in [0.15, 0.2) is 0 Å². The van der Waals surface area contributed by atoms with Gasteiger partial charge in [0.1, 0.15) is 5.69 Å². The average molecular weight is 413 g/mol. The number of piperazine rings is 1. The molecule has 1 aromatic carbocycles. The Morgan fingerprint density at radius 2 is 1.80 bits per heavy atom. The van der Waals surface area contributed by atoms with Crippen molar-refractivity contribution < 1.29 is 14.3 Å². The van der Waals surface area contributed by atoms with Gasteiger partial charge in [0.05, 0.1) is 13.2 Å². The van der Waals surface area contributed by atoms with Crippen LogP contribution in [0.25, 0.3) is 0 Å². The summed E-state index contributed by atoms with van der Waals surface area (Å²) in [5.74, 6) is -0.399. The number of ether oxygens (including phenoxy) is 1. The van der Waals surface area contributed by atoms with Crippen LogP contribution >= 0.6 is 0 Å². The molecule has 0 saturated carbocycles. The van der Waals surface area contributed by atoms with Crippen LogP contribution in [0.3, 0.4) is 0 Å². The van der Waals surface area contributed by atoms with E-state index in [1.807, 2.05) is 23.1 Å².